The number of ether oxygens (including phenoxy) is 2. The fourth-order valence-electron chi connectivity index (χ4n) is 1.17. The fraction of sp³-hybridized carbons (Fsp3) is 0.417. The molecular weight excluding hydrogens is 206 g/mol. The minimum absolute atomic E-state index is 0.00902. The van der Waals surface area contributed by atoms with Crippen LogP contribution in [0.1, 0.15) is 12.5 Å². The van der Waals surface area contributed by atoms with Gasteiger partial charge in [-0.1, -0.05) is 12.1 Å². The Morgan fingerprint density at radius 3 is 2.50 bits per heavy atom. The minimum atomic E-state index is -0.246. The van der Waals surface area contributed by atoms with Gasteiger partial charge >= 0.3 is 5.97 Å². The van der Waals surface area contributed by atoms with Crippen molar-refractivity contribution >= 4 is 5.97 Å². The number of benzene rings is 1. The Morgan fingerprint density at radius 1 is 1.38 bits per heavy atom. The van der Waals surface area contributed by atoms with E-state index in [-0.39, 0.29) is 18.4 Å². The van der Waals surface area contributed by atoms with Crippen LogP contribution < -0.4 is 10.5 Å². The van der Waals surface area contributed by atoms with Crippen molar-refractivity contribution in [3.8, 4) is 5.75 Å². The van der Waals surface area contributed by atoms with E-state index in [0.29, 0.717) is 6.61 Å². The predicted molar refractivity (Wildman–Crippen MR) is 61.3 cm³/mol. The fourth-order valence-corrected chi connectivity index (χ4v) is 1.17. The van der Waals surface area contributed by atoms with Crippen LogP contribution in [-0.4, -0.2) is 25.7 Å². The maximum atomic E-state index is 11.0. The molecule has 4 nitrogen and oxygen atoms in total. The summed E-state index contributed by atoms with van der Waals surface area (Å²) in [5.41, 5.74) is 6.47. The average Bonchev–Trinajstić information content (AvgIpc) is 2.28. The Morgan fingerprint density at radius 2 is 2.00 bits per heavy atom. The van der Waals surface area contributed by atoms with E-state index in [1.54, 1.807) is 0 Å². The average molecular weight is 223 g/mol. The molecule has 16 heavy (non-hydrogen) atoms. The zero-order valence-electron chi connectivity index (χ0n) is 9.60. The van der Waals surface area contributed by atoms with Gasteiger partial charge in [-0.3, -0.25) is 4.79 Å². The number of hydrogen-bond acceptors (Lipinski definition) is 4. The summed E-state index contributed by atoms with van der Waals surface area (Å²) in [4.78, 5) is 11.0. The van der Waals surface area contributed by atoms with E-state index in [2.05, 4.69) is 4.74 Å². The van der Waals surface area contributed by atoms with Crippen LogP contribution in [0.15, 0.2) is 24.3 Å². The lowest BCUT2D eigenvalue weighted by atomic mass is 10.1. The molecule has 1 aromatic rings. The van der Waals surface area contributed by atoms with Crippen molar-refractivity contribution < 1.29 is 14.3 Å². The molecule has 1 aromatic carbocycles. The number of esters is 1. The molecule has 1 atom stereocenters. The summed E-state index contributed by atoms with van der Waals surface area (Å²) in [6.45, 7) is 2.36. The molecule has 0 bridgehead atoms. The van der Waals surface area contributed by atoms with E-state index in [1.807, 2.05) is 31.2 Å². The summed E-state index contributed by atoms with van der Waals surface area (Å²) in [5, 5.41) is 0. The summed E-state index contributed by atoms with van der Waals surface area (Å²) >= 11 is 0. The minimum Gasteiger partial charge on any atom is -0.492 e. The van der Waals surface area contributed by atoms with E-state index >= 15 is 0 Å². The van der Waals surface area contributed by atoms with Crippen molar-refractivity contribution in [2.45, 2.75) is 19.4 Å². The normalized spacial score (nSPS) is 11.9. The van der Waals surface area contributed by atoms with Crippen LogP contribution in [0.2, 0.25) is 0 Å². The lowest BCUT2D eigenvalue weighted by Crippen LogP contribution is -2.23. The largest absolute Gasteiger partial charge is 0.492 e. The van der Waals surface area contributed by atoms with Gasteiger partial charge in [0.25, 0.3) is 0 Å². The van der Waals surface area contributed by atoms with Crippen molar-refractivity contribution in [1.82, 2.24) is 0 Å². The second-order valence-corrected chi connectivity index (χ2v) is 3.69. The highest BCUT2D eigenvalue weighted by atomic mass is 16.5. The Balaban J connectivity index is 2.51. The van der Waals surface area contributed by atoms with E-state index in [0.717, 1.165) is 11.3 Å². The first-order valence-corrected chi connectivity index (χ1v) is 5.16. The molecule has 0 spiro atoms. The third-order valence-corrected chi connectivity index (χ3v) is 2.01. The second kappa shape index (κ2) is 6.12. The number of nitrogens with two attached hydrogens (primary N) is 1. The van der Waals surface area contributed by atoms with Gasteiger partial charge in [-0.2, -0.15) is 0 Å². The summed E-state index contributed by atoms with van der Waals surface area (Å²) in [5.74, 6) is 0.509. The predicted octanol–water partition coefficient (Wildman–Crippen LogP) is 1.13. The highest BCUT2D eigenvalue weighted by molar-refractivity contribution is 5.72. The van der Waals surface area contributed by atoms with Crippen molar-refractivity contribution in [1.29, 1.82) is 0 Å². The third kappa shape index (κ3) is 4.31. The van der Waals surface area contributed by atoms with Gasteiger partial charge in [0.2, 0.25) is 0 Å². The van der Waals surface area contributed by atoms with Gasteiger partial charge in [0.05, 0.1) is 13.5 Å². The summed E-state index contributed by atoms with van der Waals surface area (Å²) in [7, 11) is 1.38. The molecule has 1 rings (SSSR count). The molecule has 0 heterocycles. The number of methoxy groups -OCH3 is 1. The van der Waals surface area contributed by atoms with Crippen LogP contribution in [-0.2, 0) is 16.0 Å². The van der Waals surface area contributed by atoms with E-state index < -0.39 is 0 Å². The van der Waals surface area contributed by atoms with Crippen molar-refractivity contribution in [3.05, 3.63) is 29.8 Å². The van der Waals surface area contributed by atoms with Gasteiger partial charge in [-0.15, -0.1) is 0 Å². The summed E-state index contributed by atoms with van der Waals surface area (Å²) in [6.07, 6.45) is 0.282. The first-order chi connectivity index (χ1) is 7.61. The zero-order chi connectivity index (χ0) is 12.0. The first-order valence-electron chi connectivity index (χ1n) is 5.16. The smallest absolute Gasteiger partial charge is 0.309 e. The molecule has 2 N–H and O–H groups in total. The molecule has 0 aromatic heterocycles. The van der Waals surface area contributed by atoms with Crippen molar-refractivity contribution in [2.75, 3.05) is 13.7 Å². The molecule has 88 valence electrons. The van der Waals surface area contributed by atoms with Gasteiger partial charge < -0.3 is 15.2 Å². The molecule has 0 radical (unpaired) electrons. The van der Waals surface area contributed by atoms with Gasteiger partial charge in [0.1, 0.15) is 12.4 Å². The second-order valence-electron chi connectivity index (χ2n) is 3.69. The number of carbonyl (C=O) groups is 1. The summed E-state index contributed by atoms with van der Waals surface area (Å²) < 4.78 is 9.99. The maximum absolute atomic E-state index is 11.0. The lowest BCUT2D eigenvalue weighted by molar-refractivity contribution is -0.139. The molecule has 0 aliphatic heterocycles. The van der Waals surface area contributed by atoms with Crippen LogP contribution in [0.3, 0.4) is 0 Å². The first kappa shape index (κ1) is 12.5. The van der Waals surface area contributed by atoms with Crippen LogP contribution in [0.4, 0.5) is 0 Å². The van der Waals surface area contributed by atoms with Crippen LogP contribution in [0.5, 0.6) is 5.75 Å². The monoisotopic (exact) mass is 223 g/mol. The number of hydrogen-bond donors (Lipinski definition) is 1. The van der Waals surface area contributed by atoms with Gasteiger partial charge in [0.15, 0.2) is 0 Å². The highest BCUT2D eigenvalue weighted by Gasteiger charge is 2.03. The third-order valence-electron chi connectivity index (χ3n) is 2.01. The highest BCUT2D eigenvalue weighted by Crippen LogP contribution is 2.12. The van der Waals surface area contributed by atoms with E-state index in [9.17, 15) is 4.79 Å². The topological polar surface area (TPSA) is 61.5 Å². The Bertz CT molecular complexity index is 333. The Hall–Kier alpha value is -1.55. The molecule has 0 aliphatic carbocycles. The quantitative estimate of drug-likeness (QED) is 0.760. The SMILES string of the molecule is COC(=O)Cc1ccc(OC[C@H](C)N)cc1. The molecule has 0 amide bonds. The standard InChI is InChI=1S/C12H17NO3/c1-9(13)8-16-11-5-3-10(4-6-11)7-12(14)15-2/h3-6,9H,7-8,13H2,1-2H3/t9-/m0/s1. The maximum Gasteiger partial charge on any atom is 0.309 e. The lowest BCUT2D eigenvalue weighted by Gasteiger charge is -2.09. The van der Waals surface area contributed by atoms with Gasteiger partial charge in [0, 0.05) is 6.04 Å². The van der Waals surface area contributed by atoms with Crippen molar-refractivity contribution in [3.63, 3.8) is 0 Å². The molecule has 0 unspecified atom stereocenters. The molecular formula is C12H17NO3. The zero-order valence-corrected chi connectivity index (χ0v) is 9.60. The van der Waals surface area contributed by atoms with Gasteiger partial charge in [-0.05, 0) is 24.6 Å². The van der Waals surface area contributed by atoms with Crippen LogP contribution in [0, 0.1) is 0 Å². The Labute approximate surface area is 95.3 Å². The Kier molecular flexibility index (Phi) is 4.79. The number of carbonyl (C=O) groups excluding carboxylic acids is 1. The van der Waals surface area contributed by atoms with Crippen LogP contribution >= 0.6 is 0 Å². The van der Waals surface area contributed by atoms with E-state index in [1.165, 1.54) is 7.11 Å². The van der Waals surface area contributed by atoms with Crippen molar-refractivity contribution in [2.24, 2.45) is 5.73 Å². The molecule has 0 saturated heterocycles. The number of rotatable bonds is 5. The van der Waals surface area contributed by atoms with Gasteiger partial charge in [-0.25, -0.2) is 0 Å². The van der Waals surface area contributed by atoms with E-state index in [4.69, 9.17) is 10.5 Å². The molecule has 0 saturated carbocycles. The summed E-state index contributed by atoms with van der Waals surface area (Å²) in [6, 6.07) is 7.33. The van der Waals surface area contributed by atoms with Crippen LogP contribution in [0.25, 0.3) is 0 Å². The molecule has 4 heteroatoms. The molecule has 0 aliphatic rings. The molecule has 0 fully saturated rings.